The molecule has 1 aromatic carbocycles. The number of amides is 2. The lowest BCUT2D eigenvalue weighted by molar-refractivity contribution is -0.125. The van der Waals surface area contributed by atoms with Crippen LogP contribution in [-0.4, -0.2) is 78.2 Å². The van der Waals surface area contributed by atoms with Crippen molar-refractivity contribution in [3.63, 3.8) is 0 Å². The Labute approximate surface area is 186 Å². The number of carbonyl (C=O) groups is 2. The van der Waals surface area contributed by atoms with Crippen LogP contribution in [0.5, 0.6) is 0 Å². The molecular weight excluding hydrogens is 414 g/mol. The van der Waals surface area contributed by atoms with E-state index in [2.05, 4.69) is 15.3 Å². The fraction of sp³-hybridized carbons (Fsp3) is 0.500. The van der Waals surface area contributed by atoms with E-state index in [9.17, 15) is 9.59 Å². The molecule has 0 unspecified atom stereocenters. The largest absolute Gasteiger partial charge is 0.379 e. The van der Waals surface area contributed by atoms with Crippen molar-refractivity contribution in [2.45, 2.75) is 24.8 Å². The van der Waals surface area contributed by atoms with E-state index in [1.807, 2.05) is 41.9 Å². The predicted molar refractivity (Wildman–Crippen MR) is 121 cm³/mol. The van der Waals surface area contributed by atoms with Crippen molar-refractivity contribution >= 4 is 29.3 Å². The molecular formula is C22H29N5O3S. The molecule has 9 heteroatoms. The number of hydrogen-bond acceptors (Lipinski definition) is 6. The van der Waals surface area contributed by atoms with Gasteiger partial charge in [-0.2, -0.15) is 5.10 Å². The van der Waals surface area contributed by atoms with Gasteiger partial charge in [0.15, 0.2) is 0 Å². The van der Waals surface area contributed by atoms with Crippen molar-refractivity contribution in [2.75, 3.05) is 56.6 Å². The third-order valence-electron chi connectivity index (χ3n) is 5.53. The highest BCUT2D eigenvalue weighted by atomic mass is 32.2. The van der Waals surface area contributed by atoms with Gasteiger partial charge < -0.3 is 15.0 Å². The Kier molecular flexibility index (Phi) is 7.26. The number of aromatic nitrogens is 2. The Hall–Kier alpha value is -2.36. The molecule has 0 bridgehead atoms. The maximum absolute atomic E-state index is 13.0. The van der Waals surface area contributed by atoms with Gasteiger partial charge in [0.05, 0.1) is 30.3 Å². The maximum atomic E-state index is 13.0. The van der Waals surface area contributed by atoms with Gasteiger partial charge in [-0.25, -0.2) is 4.68 Å². The van der Waals surface area contributed by atoms with Gasteiger partial charge in [-0.05, 0) is 19.1 Å². The monoisotopic (exact) mass is 443 g/mol. The fourth-order valence-electron chi connectivity index (χ4n) is 3.90. The highest BCUT2D eigenvalue weighted by molar-refractivity contribution is 7.99. The minimum Gasteiger partial charge on any atom is -0.379 e. The molecule has 1 N–H and O–H groups in total. The van der Waals surface area contributed by atoms with Crippen molar-refractivity contribution in [1.82, 2.24) is 20.0 Å². The van der Waals surface area contributed by atoms with Crippen LogP contribution in [0.25, 0.3) is 5.69 Å². The van der Waals surface area contributed by atoms with E-state index >= 15 is 0 Å². The van der Waals surface area contributed by atoms with Crippen molar-refractivity contribution in [3.05, 3.63) is 36.0 Å². The first kappa shape index (κ1) is 21.9. The topological polar surface area (TPSA) is 79.7 Å². The molecule has 166 valence electrons. The van der Waals surface area contributed by atoms with Crippen LogP contribution in [0.4, 0.5) is 5.69 Å². The lowest BCUT2D eigenvalue weighted by Gasteiger charge is -2.27. The summed E-state index contributed by atoms with van der Waals surface area (Å²) < 4.78 is 7.24. The summed E-state index contributed by atoms with van der Waals surface area (Å²) in [4.78, 5) is 29.3. The summed E-state index contributed by atoms with van der Waals surface area (Å²) in [5, 5.41) is 8.60. The second-order valence-electron chi connectivity index (χ2n) is 7.68. The first-order valence-electron chi connectivity index (χ1n) is 10.8. The number of thioether (sulfide) groups is 1. The summed E-state index contributed by atoms with van der Waals surface area (Å²) in [5.41, 5.74) is 2.68. The van der Waals surface area contributed by atoms with Gasteiger partial charge in [0.2, 0.25) is 11.8 Å². The van der Waals surface area contributed by atoms with Gasteiger partial charge in [0.1, 0.15) is 5.03 Å². The third-order valence-corrected chi connectivity index (χ3v) is 6.56. The zero-order chi connectivity index (χ0) is 21.6. The molecule has 8 nitrogen and oxygen atoms in total. The zero-order valence-electron chi connectivity index (χ0n) is 17.9. The Morgan fingerprint density at radius 2 is 1.90 bits per heavy atom. The number of rotatable bonds is 7. The van der Waals surface area contributed by atoms with Crippen LogP contribution in [-0.2, 0) is 14.3 Å². The van der Waals surface area contributed by atoms with Crippen molar-refractivity contribution in [3.8, 4) is 5.69 Å². The molecule has 2 aliphatic heterocycles. The SMILES string of the molecule is Cc1nn(-c2ccccc2)c2c1N(C(=O)CCC(=O)NCCN1CCOCC1)CCS2. The number of fused-ring (bicyclic) bond motifs is 1. The van der Waals surface area contributed by atoms with E-state index in [-0.39, 0.29) is 24.7 Å². The summed E-state index contributed by atoms with van der Waals surface area (Å²) >= 11 is 1.71. The molecule has 4 rings (SSSR count). The molecule has 0 saturated carbocycles. The summed E-state index contributed by atoms with van der Waals surface area (Å²) in [6.07, 6.45) is 0.399. The third kappa shape index (κ3) is 5.28. The van der Waals surface area contributed by atoms with Crippen LogP contribution >= 0.6 is 11.8 Å². The molecule has 1 saturated heterocycles. The molecule has 31 heavy (non-hydrogen) atoms. The Bertz CT molecular complexity index is 911. The highest BCUT2D eigenvalue weighted by Gasteiger charge is 2.29. The molecule has 3 heterocycles. The van der Waals surface area contributed by atoms with Gasteiger partial charge in [0, 0.05) is 51.3 Å². The normalized spacial score (nSPS) is 16.7. The molecule has 2 aromatic rings. The summed E-state index contributed by atoms with van der Waals surface area (Å²) in [7, 11) is 0. The molecule has 2 amide bonds. The van der Waals surface area contributed by atoms with Crippen LogP contribution in [0.2, 0.25) is 0 Å². The zero-order valence-corrected chi connectivity index (χ0v) is 18.7. The van der Waals surface area contributed by atoms with Gasteiger partial charge in [-0.3, -0.25) is 14.5 Å². The van der Waals surface area contributed by atoms with Crippen molar-refractivity contribution < 1.29 is 14.3 Å². The molecule has 0 atom stereocenters. The second-order valence-corrected chi connectivity index (χ2v) is 8.77. The molecule has 1 fully saturated rings. The number of para-hydroxylation sites is 1. The molecule has 0 spiro atoms. The van der Waals surface area contributed by atoms with Gasteiger partial charge in [-0.15, -0.1) is 11.8 Å². The quantitative estimate of drug-likeness (QED) is 0.704. The van der Waals surface area contributed by atoms with Gasteiger partial charge >= 0.3 is 0 Å². The van der Waals surface area contributed by atoms with Crippen LogP contribution < -0.4 is 10.2 Å². The Balaban J connectivity index is 1.33. The lowest BCUT2D eigenvalue weighted by atomic mass is 10.2. The smallest absolute Gasteiger partial charge is 0.227 e. The van der Waals surface area contributed by atoms with Gasteiger partial charge in [-0.1, -0.05) is 18.2 Å². The summed E-state index contributed by atoms with van der Waals surface area (Å²) in [5.74, 6) is 0.702. The van der Waals surface area contributed by atoms with E-state index in [0.29, 0.717) is 13.1 Å². The van der Waals surface area contributed by atoms with Crippen LogP contribution in [0, 0.1) is 6.92 Å². The number of carbonyl (C=O) groups excluding carboxylic acids is 2. The number of hydrogen-bond donors (Lipinski definition) is 1. The number of ether oxygens (including phenoxy) is 1. The van der Waals surface area contributed by atoms with E-state index < -0.39 is 0 Å². The first-order chi connectivity index (χ1) is 15.1. The van der Waals surface area contributed by atoms with E-state index in [1.54, 1.807) is 16.7 Å². The molecule has 1 aromatic heterocycles. The standard InChI is InChI=1S/C22H29N5O3S/c1-17-21-22(27(24-17)18-5-3-2-4-6-18)31-16-13-26(21)20(29)8-7-19(28)23-9-10-25-11-14-30-15-12-25/h2-6H,7-16H2,1H3,(H,23,28). The van der Waals surface area contributed by atoms with E-state index in [1.165, 1.54) is 0 Å². The van der Waals surface area contributed by atoms with Gasteiger partial charge in [0.25, 0.3) is 0 Å². The lowest BCUT2D eigenvalue weighted by Crippen LogP contribution is -2.41. The fourth-order valence-corrected chi connectivity index (χ4v) is 5.03. The number of benzene rings is 1. The average molecular weight is 444 g/mol. The van der Waals surface area contributed by atoms with Crippen molar-refractivity contribution in [2.24, 2.45) is 0 Å². The number of morpholine rings is 1. The minimum absolute atomic E-state index is 0.0272. The second kappa shape index (κ2) is 10.3. The van der Waals surface area contributed by atoms with Crippen LogP contribution in [0.15, 0.2) is 35.4 Å². The maximum Gasteiger partial charge on any atom is 0.227 e. The van der Waals surface area contributed by atoms with Crippen LogP contribution in [0.3, 0.4) is 0 Å². The molecule has 0 aliphatic carbocycles. The average Bonchev–Trinajstić information content (AvgIpc) is 3.15. The summed E-state index contributed by atoms with van der Waals surface area (Å²) in [6, 6.07) is 9.95. The molecule has 2 aliphatic rings. The Morgan fingerprint density at radius 1 is 1.13 bits per heavy atom. The molecule has 0 radical (unpaired) electrons. The highest BCUT2D eigenvalue weighted by Crippen LogP contribution is 2.39. The number of nitrogens with zero attached hydrogens (tertiary/aromatic N) is 4. The van der Waals surface area contributed by atoms with Crippen LogP contribution in [0.1, 0.15) is 18.5 Å². The predicted octanol–water partition coefficient (Wildman–Crippen LogP) is 1.85. The number of aryl methyl sites for hydroxylation is 1. The Morgan fingerprint density at radius 3 is 2.68 bits per heavy atom. The van der Waals surface area contributed by atoms with Crippen molar-refractivity contribution in [1.29, 1.82) is 0 Å². The first-order valence-corrected chi connectivity index (χ1v) is 11.8. The van der Waals surface area contributed by atoms with E-state index in [4.69, 9.17) is 4.74 Å². The number of nitrogens with one attached hydrogen (secondary N) is 1. The minimum atomic E-state index is -0.0788. The summed E-state index contributed by atoms with van der Waals surface area (Å²) in [6.45, 7) is 7.28. The van der Waals surface area contributed by atoms with E-state index in [0.717, 1.165) is 60.7 Å². The number of anilines is 1.